The largest absolute Gasteiger partial charge is 0.296 e. The molecule has 0 spiro atoms. The van der Waals surface area contributed by atoms with Gasteiger partial charge in [-0.1, -0.05) is 22.9 Å². The zero-order valence-electron chi connectivity index (χ0n) is 8.70. The maximum atomic E-state index is 12.8. The van der Waals surface area contributed by atoms with Crippen molar-refractivity contribution in [1.82, 2.24) is 10.2 Å². The predicted molar refractivity (Wildman–Crippen MR) is 64.0 cm³/mol. The van der Waals surface area contributed by atoms with E-state index in [0.717, 1.165) is 11.1 Å². The molecule has 0 unspecified atom stereocenters. The lowest BCUT2D eigenvalue weighted by Gasteiger charge is -2.03. The highest BCUT2D eigenvalue weighted by Gasteiger charge is 2.13. The molecule has 0 bridgehead atoms. The van der Waals surface area contributed by atoms with Crippen molar-refractivity contribution in [3.63, 3.8) is 0 Å². The van der Waals surface area contributed by atoms with Crippen LogP contribution in [0, 0.1) is 12.7 Å². The molecule has 1 amide bonds. The zero-order valence-corrected chi connectivity index (χ0v) is 10.3. The van der Waals surface area contributed by atoms with Gasteiger partial charge in [-0.15, -0.1) is 10.2 Å². The van der Waals surface area contributed by atoms with E-state index in [1.54, 1.807) is 6.92 Å². The Morgan fingerprint density at radius 3 is 2.82 bits per heavy atom. The fraction of sp³-hybridized carbons (Fsp3) is 0.100. The molecule has 4 nitrogen and oxygen atoms in total. The second-order valence-electron chi connectivity index (χ2n) is 3.20. The van der Waals surface area contributed by atoms with Crippen LogP contribution in [0.15, 0.2) is 18.2 Å². The van der Waals surface area contributed by atoms with Crippen molar-refractivity contribution in [3.05, 3.63) is 39.6 Å². The van der Waals surface area contributed by atoms with Crippen LogP contribution in [0.2, 0.25) is 5.02 Å². The van der Waals surface area contributed by atoms with E-state index in [4.69, 9.17) is 11.6 Å². The second-order valence-corrected chi connectivity index (χ2v) is 4.79. The minimum Gasteiger partial charge on any atom is -0.296 e. The fourth-order valence-electron chi connectivity index (χ4n) is 1.19. The molecule has 1 N–H and O–H groups in total. The summed E-state index contributed by atoms with van der Waals surface area (Å²) in [4.78, 5) is 11.8. The van der Waals surface area contributed by atoms with E-state index in [9.17, 15) is 9.18 Å². The van der Waals surface area contributed by atoms with E-state index in [1.165, 1.54) is 23.5 Å². The van der Waals surface area contributed by atoms with Gasteiger partial charge in [0.25, 0.3) is 5.91 Å². The van der Waals surface area contributed by atoms with Gasteiger partial charge in [0.05, 0.1) is 10.6 Å². The van der Waals surface area contributed by atoms with Crippen LogP contribution in [0.5, 0.6) is 0 Å². The van der Waals surface area contributed by atoms with Crippen molar-refractivity contribution in [2.24, 2.45) is 0 Å². The van der Waals surface area contributed by atoms with Gasteiger partial charge in [-0.05, 0) is 25.1 Å². The molecule has 0 saturated carbocycles. The van der Waals surface area contributed by atoms with E-state index < -0.39 is 11.7 Å². The first-order valence-corrected chi connectivity index (χ1v) is 5.82. The number of hydrogen-bond donors (Lipinski definition) is 1. The molecular formula is C10H7ClFN3OS. The van der Waals surface area contributed by atoms with Crippen LogP contribution in [0.4, 0.5) is 9.52 Å². The molecule has 0 radical (unpaired) electrons. The van der Waals surface area contributed by atoms with Gasteiger partial charge >= 0.3 is 0 Å². The lowest BCUT2D eigenvalue weighted by atomic mass is 10.2. The van der Waals surface area contributed by atoms with Gasteiger partial charge in [-0.3, -0.25) is 10.1 Å². The van der Waals surface area contributed by atoms with Crippen molar-refractivity contribution in [1.29, 1.82) is 0 Å². The van der Waals surface area contributed by atoms with Crippen molar-refractivity contribution in [2.45, 2.75) is 6.92 Å². The summed E-state index contributed by atoms with van der Waals surface area (Å²) in [7, 11) is 0. The molecule has 0 saturated heterocycles. The Balaban J connectivity index is 2.20. The molecule has 7 heteroatoms. The van der Waals surface area contributed by atoms with Crippen LogP contribution in [-0.4, -0.2) is 16.1 Å². The van der Waals surface area contributed by atoms with E-state index in [2.05, 4.69) is 15.5 Å². The van der Waals surface area contributed by atoms with Crippen molar-refractivity contribution < 1.29 is 9.18 Å². The topological polar surface area (TPSA) is 54.9 Å². The molecule has 0 aliphatic rings. The number of amides is 1. The SMILES string of the molecule is Cc1nnc(NC(=O)c2ccc(F)cc2Cl)s1. The van der Waals surface area contributed by atoms with Gasteiger partial charge in [0.15, 0.2) is 0 Å². The van der Waals surface area contributed by atoms with Crippen LogP contribution >= 0.6 is 22.9 Å². The van der Waals surface area contributed by atoms with E-state index in [-0.39, 0.29) is 10.6 Å². The second kappa shape index (κ2) is 4.77. The average Bonchev–Trinajstić information content (AvgIpc) is 2.63. The van der Waals surface area contributed by atoms with Gasteiger partial charge in [-0.2, -0.15) is 0 Å². The monoisotopic (exact) mass is 271 g/mol. The summed E-state index contributed by atoms with van der Waals surface area (Å²) >= 11 is 7.01. The Morgan fingerprint density at radius 1 is 1.47 bits per heavy atom. The predicted octanol–water partition coefficient (Wildman–Crippen LogP) is 2.89. The third-order valence-electron chi connectivity index (χ3n) is 1.92. The highest BCUT2D eigenvalue weighted by Crippen LogP contribution is 2.20. The molecule has 0 atom stereocenters. The molecule has 0 aliphatic heterocycles. The fourth-order valence-corrected chi connectivity index (χ4v) is 2.03. The first-order chi connectivity index (χ1) is 8.06. The lowest BCUT2D eigenvalue weighted by molar-refractivity contribution is 0.102. The molecule has 88 valence electrons. The summed E-state index contributed by atoms with van der Waals surface area (Å²) in [5.74, 6) is -0.926. The first-order valence-electron chi connectivity index (χ1n) is 4.63. The Bertz CT molecular complexity index is 572. The van der Waals surface area contributed by atoms with E-state index in [1.807, 2.05) is 0 Å². The van der Waals surface area contributed by atoms with Crippen molar-refractivity contribution >= 4 is 34.0 Å². The molecule has 1 aromatic carbocycles. The number of anilines is 1. The van der Waals surface area contributed by atoms with E-state index in [0.29, 0.717) is 5.13 Å². The zero-order chi connectivity index (χ0) is 12.4. The molecular weight excluding hydrogens is 265 g/mol. The number of carbonyl (C=O) groups is 1. The van der Waals surface area contributed by atoms with Gasteiger partial charge < -0.3 is 0 Å². The smallest absolute Gasteiger partial charge is 0.259 e. The highest BCUT2D eigenvalue weighted by molar-refractivity contribution is 7.15. The number of aryl methyl sites for hydroxylation is 1. The normalized spacial score (nSPS) is 10.3. The quantitative estimate of drug-likeness (QED) is 0.914. The van der Waals surface area contributed by atoms with Crippen LogP contribution < -0.4 is 5.32 Å². The summed E-state index contributed by atoms with van der Waals surface area (Å²) in [6, 6.07) is 3.58. The summed E-state index contributed by atoms with van der Waals surface area (Å²) < 4.78 is 12.8. The maximum Gasteiger partial charge on any atom is 0.259 e. The summed E-state index contributed by atoms with van der Waals surface area (Å²) in [6.45, 7) is 1.78. The summed E-state index contributed by atoms with van der Waals surface area (Å²) in [5.41, 5.74) is 0.195. The first kappa shape index (κ1) is 11.9. The summed E-state index contributed by atoms with van der Waals surface area (Å²) in [5, 5.41) is 11.2. The number of nitrogens with one attached hydrogen (secondary N) is 1. The molecule has 2 rings (SSSR count). The van der Waals surface area contributed by atoms with Crippen molar-refractivity contribution in [2.75, 3.05) is 5.32 Å². The van der Waals surface area contributed by atoms with Crippen LogP contribution in [0.1, 0.15) is 15.4 Å². The van der Waals surface area contributed by atoms with Gasteiger partial charge in [0.2, 0.25) is 5.13 Å². The third kappa shape index (κ3) is 2.78. The van der Waals surface area contributed by atoms with E-state index >= 15 is 0 Å². The Kier molecular flexibility index (Phi) is 3.35. The average molecular weight is 272 g/mol. The molecule has 2 aromatic rings. The van der Waals surface area contributed by atoms with Gasteiger partial charge in [0, 0.05) is 0 Å². The number of aromatic nitrogens is 2. The van der Waals surface area contributed by atoms with Crippen LogP contribution in [0.25, 0.3) is 0 Å². The molecule has 17 heavy (non-hydrogen) atoms. The minimum absolute atomic E-state index is 0.0590. The number of halogens is 2. The third-order valence-corrected chi connectivity index (χ3v) is 2.99. The summed E-state index contributed by atoms with van der Waals surface area (Å²) in [6.07, 6.45) is 0. The van der Waals surface area contributed by atoms with Crippen LogP contribution in [-0.2, 0) is 0 Å². The number of nitrogens with zero attached hydrogens (tertiary/aromatic N) is 2. The Labute approximate surface area is 105 Å². The van der Waals surface area contributed by atoms with Crippen molar-refractivity contribution in [3.8, 4) is 0 Å². The number of hydrogen-bond acceptors (Lipinski definition) is 4. The Morgan fingerprint density at radius 2 is 2.24 bits per heavy atom. The number of carbonyl (C=O) groups excluding carboxylic acids is 1. The van der Waals surface area contributed by atoms with Gasteiger partial charge in [-0.25, -0.2) is 4.39 Å². The lowest BCUT2D eigenvalue weighted by Crippen LogP contribution is -2.12. The van der Waals surface area contributed by atoms with Gasteiger partial charge in [0.1, 0.15) is 10.8 Å². The van der Waals surface area contributed by atoms with Crippen LogP contribution in [0.3, 0.4) is 0 Å². The number of rotatable bonds is 2. The standard InChI is InChI=1S/C10H7ClFN3OS/c1-5-14-15-10(17-5)13-9(16)7-3-2-6(12)4-8(7)11/h2-4H,1H3,(H,13,15,16). The Hall–Kier alpha value is -1.53. The number of benzene rings is 1. The molecule has 1 heterocycles. The molecule has 0 aliphatic carbocycles. The minimum atomic E-state index is -0.488. The maximum absolute atomic E-state index is 12.8. The molecule has 0 fully saturated rings. The molecule has 1 aromatic heterocycles. The highest BCUT2D eigenvalue weighted by atomic mass is 35.5.